The van der Waals surface area contributed by atoms with E-state index >= 15 is 0 Å². The fourth-order valence-electron chi connectivity index (χ4n) is 2.31. The summed E-state index contributed by atoms with van der Waals surface area (Å²) in [6, 6.07) is 8.97. The van der Waals surface area contributed by atoms with E-state index in [4.69, 9.17) is 5.11 Å². The van der Waals surface area contributed by atoms with Crippen molar-refractivity contribution in [1.29, 1.82) is 5.26 Å². The molecular formula is C18H16N2O4. The summed E-state index contributed by atoms with van der Waals surface area (Å²) in [6.45, 7) is 3.79. The van der Waals surface area contributed by atoms with Crippen LogP contribution < -0.4 is 0 Å². The number of carbonyl (C=O) groups excluding carboxylic acids is 1. The van der Waals surface area contributed by atoms with Crippen LogP contribution in [0.5, 0.6) is 5.75 Å². The Morgan fingerprint density at radius 1 is 1.21 bits per heavy atom. The molecule has 0 fully saturated rings. The monoisotopic (exact) mass is 324 g/mol. The molecular weight excluding hydrogens is 308 g/mol. The molecule has 0 aliphatic carbocycles. The number of nitriles is 1. The fourth-order valence-corrected chi connectivity index (χ4v) is 2.31. The Balaban J connectivity index is 2.57. The summed E-state index contributed by atoms with van der Waals surface area (Å²) in [7, 11) is 0. The van der Waals surface area contributed by atoms with Gasteiger partial charge in [0.15, 0.2) is 11.5 Å². The van der Waals surface area contributed by atoms with Crippen molar-refractivity contribution in [2.24, 2.45) is 0 Å². The number of hydrogen-bond donors (Lipinski definition) is 2. The van der Waals surface area contributed by atoms with Crippen LogP contribution in [-0.4, -0.2) is 26.9 Å². The molecule has 0 bridgehead atoms. The quantitative estimate of drug-likeness (QED) is 0.818. The van der Waals surface area contributed by atoms with E-state index in [9.17, 15) is 20.0 Å². The molecule has 122 valence electrons. The first kappa shape index (κ1) is 17.2. The van der Waals surface area contributed by atoms with Crippen molar-refractivity contribution < 1.29 is 19.8 Å². The van der Waals surface area contributed by atoms with Crippen molar-refractivity contribution in [2.45, 2.75) is 26.7 Å². The fraction of sp³-hybridized carbons (Fsp3) is 0.222. The van der Waals surface area contributed by atoms with Crippen LogP contribution in [0.3, 0.4) is 0 Å². The molecule has 2 N–H and O–H groups in total. The summed E-state index contributed by atoms with van der Waals surface area (Å²) in [5.41, 5.74) is 2.70. The van der Waals surface area contributed by atoms with Crippen molar-refractivity contribution in [1.82, 2.24) is 4.98 Å². The molecule has 2 aromatic rings. The number of carboxylic acid groups (broad SMARTS) is 1. The van der Waals surface area contributed by atoms with Gasteiger partial charge >= 0.3 is 5.97 Å². The maximum absolute atomic E-state index is 12.2. The largest absolute Gasteiger partial charge is 0.504 e. The van der Waals surface area contributed by atoms with E-state index in [1.165, 1.54) is 6.07 Å². The minimum atomic E-state index is -1.12. The van der Waals surface area contributed by atoms with E-state index in [0.717, 1.165) is 16.7 Å². The predicted molar refractivity (Wildman–Crippen MR) is 86.7 cm³/mol. The first-order valence-corrected chi connectivity index (χ1v) is 7.30. The summed E-state index contributed by atoms with van der Waals surface area (Å²) >= 11 is 0. The van der Waals surface area contributed by atoms with Gasteiger partial charge in [0.25, 0.3) is 0 Å². The number of carbonyl (C=O) groups is 2. The average Bonchev–Trinajstić information content (AvgIpc) is 2.55. The van der Waals surface area contributed by atoms with Crippen LogP contribution in [0.2, 0.25) is 0 Å². The number of aromatic nitrogens is 1. The molecule has 2 rings (SSSR count). The number of aliphatic carboxylic acids is 1. The topological polar surface area (TPSA) is 111 Å². The van der Waals surface area contributed by atoms with Gasteiger partial charge in [-0.05, 0) is 31.5 Å². The van der Waals surface area contributed by atoms with E-state index in [1.807, 2.05) is 38.1 Å². The number of pyridine rings is 1. The van der Waals surface area contributed by atoms with Gasteiger partial charge in [0.05, 0.1) is 17.7 Å². The number of hydrogen-bond acceptors (Lipinski definition) is 5. The lowest BCUT2D eigenvalue weighted by atomic mass is 9.99. The summed E-state index contributed by atoms with van der Waals surface area (Å²) < 4.78 is 0. The summed E-state index contributed by atoms with van der Waals surface area (Å²) in [5.74, 6) is -2.24. The van der Waals surface area contributed by atoms with Crippen LogP contribution in [0.1, 0.15) is 40.0 Å². The molecule has 0 atom stereocenters. The molecule has 1 aromatic carbocycles. The second kappa shape index (κ2) is 6.92. The number of nitrogens with zero attached hydrogens (tertiary/aromatic N) is 2. The van der Waals surface area contributed by atoms with Crippen LogP contribution in [-0.2, 0) is 4.79 Å². The standard InChI is InChI=1S/C18H16N2O4/c1-10-3-4-11(2)13(7-10)14-8-12(9-19)18(24)17(20-14)15(21)5-6-16(22)23/h3-4,7-8,24H,5-6H2,1-2H3,(H,22,23). The van der Waals surface area contributed by atoms with Crippen molar-refractivity contribution in [3.63, 3.8) is 0 Å². The van der Waals surface area contributed by atoms with Crippen molar-refractivity contribution in [3.8, 4) is 23.1 Å². The molecule has 0 saturated carbocycles. The van der Waals surface area contributed by atoms with Gasteiger partial charge in [0.2, 0.25) is 0 Å². The molecule has 1 heterocycles. The Bertz CT molecular complexity index is 866. The Labute approximate surface area is 139 Å². The summed E-state index contributed by atoms with van der Waals surface area (Å²) in [5, 5.41) is 28.0. The third-order valence-corrected chi connectivity index (χ3v) is 3.61. The van der Waals surface area contributed by atoms with E-state index in [2.05, 4.69) is 4.98 Å². The molecule has 6 nitrogen and oxygen atoms in total. The van der Waals surface area contributed by atoms with Crippen LogP contribution in [0.4, 0.5) is 0 Å². The maximum atomic E-state index is 12.2. The number of benzene rings is 1. The van der Waals surface area contributed by atoms with Crippen molar-refractivity contribution in [3.05, 3.63) is 46.6 Å². The molecule has 0 aliphatic heterocycles. The number of ketones is 1. The first-order chi connectivity index (χ1) is 11.3. The minimum Gasteiger partial charge on any atom is -0.504 e. The first-order valence-electron chi connectivity index (χ1n) is 7.30. The van der Waals surface area contributed by atoms with Gasteiger partial charge < -0.3 is 10.2 Å². The second-order valence-corrected chi connectivity index (χ2v) is 5.50. The van der Waals surface area contributed by atoms with Gasteiger partial charge in [-0.25, -0.2) is 4.98 Å². The molecule has 1 aromatic heterocycles. The molecule has 0 spiro atoms. The molecule has 0 radical (unpaired) electrons. The summed E-state index contributed by atoms with van der Waals surface area (Å²) in [6.07, 6.45) is -0.660. The smallest absolute Gasteiger partial charge is 0.303 e. The number of aryl methyl sites for hydroxylation is 2. The Morgan fingerprint density at radius 2 is 1.92 bits per heavy atom. The highest BCUT2D eigenvalue weighted by atomic mass is 16.4. The highest BCUT2D eigenvalue weighted by Crippen LogP contribution is 2.30. The lowest BCUT2D eigenvalue weighted by Crippen LogP contribution is -2.08. The van der Waals surface area contributed by atoms with Crippen LogP contribution in [0, 0.1) is 25.2 Å². The summed E-state index contributed by atoms with van der Waals surface area (Å²) in [4.78, 5) is 27.0. The van der Waals surface area contributed by atoms with Gasteiger partial charge in [0, 0.05) is 12.0 Å². The van der Waals surface area contributed by atoms with Crippen LogP contribution >= 0.6 is 0 Å². The second-order valence-electron chi connectivity index (χ2n) is 5.50. The lowest BCUT2D eigenvalue weighted by Gasteiger charge is -2.11. The van der Waals surface area contributed by atoms with Gasteiger partial charge in [0.1, 0.15) is 11.8 Å². The minimum absolute atomic E-state index is 0.0698. The SMILES string of the molecule is Cc1ccc(C)c(-c2cc(C#N)c(O)c(C(=O)CCC(=O)O)n2)c1. The number of carboxylic acids is 1. The van der Waals surface area contributed by atoms with Crippen LogP contribution in [0.25, 0.3) is 11.3 Å². The highest BCUT2D eigenvalue weighted by Gasteiger charge is 2.20. The zero-order valence-electron chi connectivity index (χ0n) is 13.3. The van der Waals surface area contributed by atoms with Gasteiger partial charge in [-0.15, -0.1) is 0 Å². The molecule has 24 heavy (non-hydrogen) atoms. The molecule has 0 aliphatic rings. The number of aromatic hydroxyl groups is 1. The third kappa shape index (κ3) is 3.58. The number of Topliss-reactive ketones (excluding diaryl/α,β-unsaturated/α-hetero) is 1. The van der Waals surface area contributed by atoms with E-state index in [1.54, 1.807) is 0 Å². The highest BCUT2D eigenvalue weighted by molar-refractivity contribution is 5.99. The molecule has 0 unspecified atom stereocenters. The number of rotatable bonds is 5. The normalized spacial score (nSPS) is 10.2. The Morgan fingerprint density at radius 3 is 2.54 bits per heavy atom. The van der Waals surface area contributed by atoms with E-state index in [-0.39, 0.29) is 24.1 Å². The van der Waals surface area contributed by atoms with Crippen molar-refractivity contribution >= 4 is 11.8 Å². The Kier molecular flexibility index (Phi) is 4.95. The van der Waals surface area contributed by atoms with Gasteiger partial charge in [-0.3, -0.25) is 9.59 Å². The molecule has 0 amide bonds. The van der Waals surface area contributed by atoms with E-state index in [0.29, 0.717) is 5.69 Å². The van der Waals surface area contributed by atoms with Gasteiger partial charge in [-0.1, -0.05) is 17.7 Å². The molecule has 0 saturated heterocycles. The van der Waals surface area contributed by atoms with Gasteiger partial charge in [-0.2, -0.15) is 5.26 Å². The lowest BCUT2D eigenvalue weighted by molar-refractivity contribution is -0.136. The maximum Gasteiger partial charge on any atom is 0.303 e. The molecule has 6 heteroatoms. The van der Waals surface area contributed by atoms with Crippen molar-refractivity contribution in [2.75, 3.05) is 0 Å². The van der Waals surface area contributed by atoms with E-state index < -0.39 is 17.5 Å². The zero-order chi connectivity index (χ0) is 17.9. The predicted octanol–water partition coefficient (Wildman–Crippen LogP) is 2.99. The average molecular weight is 324 g/mol. The third-order valence-electron chi connectivity index (χ3n) is 3.61. The zero-order valence-corrected chi connectivity index (χ0v) is 13.3. The van der Waals surface area contributed by atoms with Crippen LogP contribution in [0.15, 0.2) is 24.3 Å². The Hall–Kier alpha value is -3.20.